The van der Waals surface area contributed by atoms with Crippen LogP contribution in [-0.4, -0.2) is 15.0 Å². The molecule has 0 fully saturated rings. The molecule has 0 aliphatic rings. The molecule has 10 aromatic rings. The molecule has 3 aromatic heterocycles. The number of rotatable bonds is 14. The number of aryl methyl sites for hydroxylation is 6. The summed E-state index contributed by atoms with van der Waals surface area (Å²) in [7, 11) is 0. The maximum Gasteiger partial charge on any atom is 0.0704 e. The summed E-state index contributed by atoms with van der Waals surface area (Å²) in [6, 6.07) is 73.7. The Labute approximate surface area is 421 Å². The summed E-state index contributed by atoms with van der Waals surface area (Å²) in [6.45, 7) is 11.0. The van der Waals surface area contributed by atoms with Crippen molar-refractivity contribution >= 4 is 0 Å². The molecule has 0 amide bonds. The molecule has 0 atom stereocenters. The van der Waals surface area contributed by atoms with Gasteiger partial charge in [0.05, 0.1) is 17.1 Å². The van der Waals surface area contributed by atoms with Crippen molar-refractivity contribution in [2.45, 2.75) is 66.7 Å². The Bertz CT molecular complexity index is 3270. The van der Waals surface area contributed by atoms with Gasteiger partial charge in [-0.05, 0) is 165 Å². The van der Waals surface area contributed by atoms with Gasteiger partial charge in [-0.3, -0.25) is 15.0 Å². The van der Waals surface area contributed by atoms with Gasteiger partial charge in [-0.1, -0.05) is 191 Å². The summed E-state index contributed by atoms with van der Waals surface area (Å²) in [5.41, 5.74) is 25.1. The average molecular weight is 920 g/mol. The van der Waals surface area contributed by atoms with E-state index in [0.717, 1.165) is 65.9 Å². The zero-order valence-corrected chi connectivity index (χ0v) is 41.7. The van der Waals surface area contributed by atoms with Crippen molar-refractivity contribution in [2.75, 3.05) is 0 Å². The molecule has 3 heterocycles. The Balaban J connectivity index is 1.02. The lowest BCUT2D eigenvalue weighted by atomic mass is 9.86. The van der Waals surface area contributed by atoms with E-state index in [2.05, 4.69) is 245 Å². The zero-order chi connectivity index (χ0) is 48.7. The van der Waals surface area contributed by atoms with E-state index in [9.17, 15) is 0 Å². The highest BCUT2D eigenvalue weighted by Crippen LogP contribution is 2.41. The lowest BCUT2D eigenvalue weighted by Gasteiger charge is -2.19. The highest BCUT2D eigenvalue weighted by Gasteiger charge is 2.18. The number of pyridine rings is 3. The largest absolute Gasteiger partial charge is 0.256 e. The fourth-order valence-corrected chi connectivity index (χ4v) is 9.72. The summed E-state index contributed by atoms with van der Waals surface area (Å²) in [6.07, 6.45) is 10.6. The van der Waals surface area contributed by atoms with Crippen LogP contribution in [0.25, 0.3) is 78.3 Å². The van der Waals surface area contributed by atoms with Crippen molar-refractivity contribution in [2.24, 2.45) is 5.41 Å². The van der Waals surface area contributed by atoms with Crippen LogP contribution in [0.5, 0.6) is 0 Å². The summed E-state index contributed by atoms with van der Waals surface area (Å²) in [5, 5.41) is 0. The average Bonchev–Trinajstić information content (AvgIpc) is 3.40. The van der Waals surface area contributed by atoms with Crippen molar-refractivity contribution in [1.29, 1.82) is 0 Å². The highest BCUT2D eigenvalue weighted by molar-refractivity contribution is 5.94. The molecule has 0 bridgehead atoms. The van der Waals surface area contributed by atoms with Crippen molar-refractivity contribution in [3.8, 4) is 78.3 Å². The number of aromatic nitrogens is 3. The van der Waals surface area contributed by atoms with E-state index in [0.29, 0.717) is 0 Å². The second-order valence-electron chi connectivity index (χ2n) is 20.4. The summed E-state index contributed by atoms with van der Waals surface area (Å²) in [4.78, 5) is 14.3. The first-order valence-electron chi connectivity index (χ1n) is 25.1. The normalized spacial score (nSPS) is 11.5. The van der Waals surface area contributed by atoms with Gasteiger partial charge in [0.25, 0.3) is 0 Å². The SMILES string of the molecule is Cc1ccc(-c2ccc(CCc3cc(CCc4ccc(-c5ccc(C)cn5)cc4)cc(-c4ccccc4-c4ccc(-c5cc(CC(C)(C)C)ccn5)cc4-c4ccc(-c5ccccc5)cc4)c3)cc2)nc1. The van der Waals surface area contributed by atoms with Gasteiger partial charge in [-0.25, -0.2) is 0 Å². The molecular weight excluding hydrogens is 859 g/mol. The molecule has 0 spiro atoms. The van der Waals surface area contributed by atoms with Crippen LogP contribution < -0.4 is 0 Å². The molecule has 0 unspecified atom stereocenters. The standard InChI is InChI=1S/C68H61N3/c1-47-15-35-65(70-45-47)57-25-21-49(22-26-57)17-19-51-39-52(20-18-50-23-27-58(28-24-50)66-36-16-48(2)46-71-66)41-60(40-51)61-13-9-10-14-62(61)63-34-33-59(67-42-53(37-38-69-67)44-68(3,4)5)43-64(63)56-31-29-55(30-32-56)54-11-7-6-8-12-54/h6-16,21-43,45-46H,17-20,44H2,1-5H3. The van der Waals surface area contributed by atoms with Gasteiger partial charge in [-0.15, -0.1) is 0 Å². The van der Waals surface area contributed by atoms with Crippen LogP contribution in [0.2, 0.25) is 0 Å². The highest BCUT2D eigenvalue weighted by atomic mass is 14.7. The first-order chi connectivity index (χ1) is 34.6. The van der Waals surface area contributed by atoms with E-state index in [4.69, 9.17) is 4.98 Å². The van der Waals surface area contributed by atoms with Crippen LogP contribution in [0.4, 0.5) is 0 Å². The maximum atomic E-state index is 4.93. The molecule has 3 heteroatoms. The smallest absolute Gasteiger partial charge is 0.0704 e. The Morgan fingerprint density at radius 1 is 0.310 bits per heavy atom. The molecule has 0 aliphatic heterocycles. The van der Waals surface area contributed by atoms with Crippen molar-refractivity contribution in [3.05, 3.63) is 258 Å². The monoisotopic (exact) mass is 919 g/mol. The lowest BCUT2D eigenvalue weighted by molar-refractivity contribution is 0.411. The third-order valence-electron chi connectivity index (χ3n) is 13.5. The minimum atomic E-state index is 0.173. The van der Waals surface area contributed by atoms with Crippen molar-refractivity contribution in [1.82, 2.24) is 15.0 Å². The molecule has 0 aliphatic carbocycles. The van der Waals surface area contributed by atoms with Gasteiger partial charge in [-0.2, -0.15) is 0 Å². The minimum absolute atomic E-state index is 0.173. The van der Waals surface area contributed by atoms with E-state index in [1.165, 1.54) is 83.5 Å². The van der Waals surface area contributed by atoms with E-state index < -0.39 is 0 Å². The van der Waals surface area contributed by atoms with Gasteiger partial charge in [0.15, 0.2) is 0 Å². The number of benzene rings is 7. The summed E-state index contributed by atoms with van der Waals surface area (Å²) >= 11 is 0. The quantitative estimate of drug-likeness (QED) is 0.109. The van der Waals surface area contributed by atoms with E-state index in [-0.39, 0.29) is 5.41 Å². The van der Waals surface area contributed by atoms with Crippen LogP contribution in [-0.2, 0) is 32.1 Å². The van der Waals surface area contributed by atoms with Gasteiger partial charge >= 0.3 is 0 Å². The second-order valence-corrected chi connectivity index (χ2v) is 20.4. The fraction of sp³-hybridized carbons (Fsp3) is 0.162. The first-order valence-corrected chi connectivity index (χ1v) is 25.1. The number of hydrogen-bond donors (Lipinski definition) is 0. The molecule has 3 nitrogen and oxygen atoms in total. The van der Waals surface area contributed by atoms with Gasteiger partial charge < -0.3 is 0 Å². The Hall–Kier alpha value is -8.01. The van der Waals surface area contributed by atoms with Crippen LogP contribution in [0, 0.1) is 19.3 Å². The molecule has 0 N–H and O–H groups in total. The molecule has 10 rings (SSSR count). The van der Waals surface area contributed by atoms with Gasteiger partial charge in [0, 0.05) is 35.3 Å². The third-order valence-corrected chi connectivity index (χ3v) is 13.5. The lowest BCUT2D eigenvalue weighted by Crippen LogP contribution is -2.09. The van der Waals surface area contributed by atoms with Gasteiger partial charge in [0.2, 0.25) is 0 Å². The fourth-order valence-electron chi connectivity index (χ4n) is 9.72. The Kier molecular flexibility index (Phi) is 13.8. The maximum absolute atomic E-state index is 4.93. The minimum Gasteiger partial charge on any atom is -0.256 e. The topological polar surface area (TPSA) is 38.7 Å². The molecule has 0 saturated carbocycles. The van der Waals surface area contributed by atoms with Crippen LogP contribution in [0.15, 0.2) is 219 Å². The molecule has 0 radical (unpaired) electrons. The van der Waals surface area contributed by atoms with E-state index in [1.807, 2.05) is 18.6 Å². The summed E-state index contributed by atoms with van der Waals surface area (Å²) < 4.78 is 0. The predicted molar refractivity (Wildman–Crippen MR) is 298 cm³/mol. The zero-order valence-electron chi connectivity index (χ0n) is 41.7. The molecular formula is C68H61N3. The van der Waals surface area contributed by atoms with E-state index in [1.54, 1.807) is 0 Å². The molecule has 0 saturated heterocycles. The predicted octanol–water partition coefficient (Wildman–Crippen LogP) is 17.3. The van der Waals surface area contributed by atoms with E-state index >= 15 is 0 Å². The van der Waals surface area contributed by atoms with Crippen molar-refractivity contribution < 1.29 is 0 Å². The van der Waals surface area contributed by atoms with Crippen LogP contribution >= 0.6 is 0 Å². The Morgan fingerprint density at radius 2 is 0.803 bits per heavy atom. The second kappa shape index (κ2) is 20.9. The van der Waals surface area contributed by atoms with Crippen LogP contribution in [0.1, 0.15) is 59.7 Å². The van der Waals surface area contributed by atoms with Gasteiger partial charge in [0.1, 0.15) is 0 Å². The number of nitrogens with zero attached hydrogens (tertiary/aromatic N) is 3. The number of hydrogen-bond acceptors (Lipinski definition) is 3. The first kappa shape index (κ1) is 46.7. The molecule has 348 valence electrons. The summed E-state index contributed by atoms with van der Waals surface area (Å²) in [5.74, 6) is 0. The van der Waals surface area contributed by atoms with Crippen molar-refractivity contribution in [3.63, 3.8) is 0 Å². The Morgan fingerprint density at radius 3 is 1.37 bits per heavy atom. The molecule has 71 heavy (non-hydrogen) atoms. The van der Waals surface area contributed by atoms with Crippen LogP contribution in [0.3, 0.4) is 0 Å². The third kappa shape index (κ3) is 11.5. The molecule has 7 aromatic carbocycles.